The van der Waals surface area contributed by atoms with Gasteiger partial charge in [0.25, 0.3) is 0 Å². The molecular weight excluding hydrogens is 272 g/mol. The number of carbonyl (C=O) groups excluding carboxylic acids is 1. The van der Waals surface area contributed by atoms with Crippen molar-refractivity contribution in [1.82, 2.24) is 4.90 Å². The first-order chi connectivity index (χ1) is 9.73. The van der Waals surface area contributed by atoms with E-state index in [1.807, 2.05) is 27.7 Å². The topological polar surface area (TPSA) is 98.5 Å². The first-order valence-electron chi connectivity index (χ1n) is 7.46. The van der Waals surface area contributed by atoms with Crippen LogP contribution in [0.3, 0.4) is 0 Å². The number of likely N-dealkylation sites (tertiary alicyclic amines) is 1. The molecule has 21 heavy (non-hydrogen) atoms. The summed E-state index contributed by atoms with van der Waals surface area (Å²) in [5, 5.41) is 14.3. The van der Waals surface area contributed by atoms with E-state index in [9.17, 15) is 9.90 Å². The van der Waals surface area contributed by atoms with Crippen molar-refractivity contribution in [2.45, 2.75) is 70.6 Å². The molecule has 0 aromatic rings. The Labute approximate surface area is 125 Å². The summed E-state index contributed by atoms with van der Waals surface area (Å²) in [6.07, 6.45) is 2.50. The number of ether oxygens (including phenoxy) is 1. The molecule has 0 spiro atoms. The Morgan fingerprint density at radius 3 is 2.67 bits per heavy atom. The lowest BCUT2D eigenvalue weighted by atomic mass is 9.84. The molecule has 7 nitrogen and oxygen atoms in total. The molecule has 0 saturated carbocycles. The Morgan fingerprint density at radius 1 is 1.48 bits per heavy atom. The van der Waals surface area contributed by atoms with E-state index in [0.29, 0.717) is 19.4 Å². The molecule has 2 atom stereocenters. The number of azide groups is 1. The monoisotopic (exact) mass is 298 g/mol. The van der Waals surface area contributed by atoms with Gasteiger partial charge in [0.05, 0.1) is 18.2 Å². The van der Waals surface area contributed by atoms with Gasteiger partial charge in [-0.15, -0.1) is 0 Å². The lowest BCUT2D eigenvalue weighted by Gasteiger charge is -2.44. The van der Waals surface area contributed by atoms with E-state index in [1.54, 1.807) is 4.90 Å². The second kappa shape index (κ2) is 7.00. The van der Waals surface area contributed by atoms with E-state index in [4.69, 9.17) is 10.3 Å². The normalized spacial score (nSPS) is 22.1. The van der Waals surface area contributed by atoms with Crippen LogP contribution >= 0.6 is 0 Å². The summed E-state index contributed by atoms with van der Waals surface area (Å²) in [5.74, 6) is 0. The summed E-state index contributed by atoms with van der Waals surface area (Å²) in [5.41, 5.74) is 6.71. The third-order valence-electron chi connectivity index (χ3n) is 3.77. The van der Waals surface area contributed by atoms with E-state index in [1.165, 1.54) is 0 Å². The van der Waals surface area contributed by atoms with Crippen LogP contribution in [-0.2, 0) is 4.74 Å². The van der Waals surface area contributed by atoms with Crippen LogP contribution in [0.2, 0.25) is 0 Å². The zero-order valence-corrected chi connectivity index (χ0v) is 13.4. The van der Waals surface area contributed by atoms with Crippen molar-refractivity contribution in [3.8, 4) is 0 Å². The van der Waals surface area contributed by atoms with Crippen LogP contribution in [0.15, 0.2) is 5.11 Å². The molecule has 0 unspecified atom stereocenters. The Balaban J connectivity index is 2.94. The second-order valence-electron chi connectivity index (χ2n) is 6.53. The van der Waals surface area contributed by atoms with Gasteiger partial charge in [-0.2, -0.15) is 0 Å². The molecule has 1 N–H and O–H groups in total. The van der Waals surface area contributed by atoms with E-state index in [2.05, 4.69) is 10.0 Å². The number of nitrogens with zero attached hydrogens (tertiary/aromatic N) is 4. The Bertz CT molecular complexity index is 415. The number of amides is 1. The fourth-order valence-corrected chi connectivity index (χ4v) is 2.64. The minimum Gasteiger partial charge on any atom is -0.444 e. The Kier molecular flexibility index (Phi) is 5.87. The molecule has 1 rings (SSSR count). The number of hydrogen-bond acceptors (Lipinski definition) is 4. The minimum absolute atomic E-state index is 0.0377. The zero-order valence-electron chi connectivity index (χ0n) is 13.4. The molecule has 1 amide bonds. The summed E-state index contributed by atoms with van der Waals surface area (Å²) in [6.45, 7) is 7.79. The van der Waals surface area contributed by atoms with Crippen LogP contribution in [0.4, 0.5) is 4.79 Å². The molecule has 120 valence electrons. The molecule has 0 bridgehead atoms. The van der Waals surface area contributed by atoms with Crippen LogP contribution in [-0.4, -0.2) is 46.4 Å². The van der Waals surface area contributed by atoms with Crippen molar-refractivity contribution in [3.63, 3.8) is 0 Å². The summed E-state index contributed by atoms with van der Waals surface area (Å²) in [4.78, 5) is 16.7. The minimum atomic E-state index is -1.20. The van der Waals surface area contributed by atoms with Crippen molar-refractivity contribution in [1.29, 1.82) is 0 Å². The van der Waals surface area contributed by atoms with Crippen molar-refractivity contribution in [3.05, 3.63) is 10.4 Å². The first kappa shape index (κ1) is 17.6. The van der Waals surface area contributed by atoms with Gasteiger partial charge in [-0.25, -0.2) is 4.79 Å². The average molecular weight is 298 g/mol. The molecule has 0 aliphatic carbocycles. The van der Waals surface area contributed by atoms with Gasteiger partial charge in [-0.05, 0) is 52.0 Å². The van der Waals surface area contributed by atoms with Gasteiger partial charge >= 0.3 is 6.09 Å². The predicted octanol–water partition coefficient (Wildman–Crippen LogP) is 3.23. The molecular formula is C14H26N4O3. The summed E-state index contributed by atoms with van der Waals surface area (Å²) < 4.78 is 5.42. The molecule has 0 aromatic carbocycles. The van der Waals surface area contributed by atoms with Crippen molar-refractivity contribution >= 4 is 6.09 Å². The molecule has 7 heteroatoms. The number of rotatable bonds is 4. The van der Waals surface area contributed by atoms with E-state index in [-0.39, 0.29) is 12.6 Å². The Morgan fingerprint density at radius 2 is 2.14 bits per heavy atom. The second-order valence-corrected chi connectivity index (χ2v) is 6.53. The van der Waals surface area contributed by atoms with E-state index < -0.39 is 17.3 Å². The maximum atomic E-state index is 12.3. The van der Waals surface area contributed by atoms with Gasteiger partial charge in [-0.1, -0.05) is 12.0 Å². The van der Waals surface area contributed by atoms with Crippen LogP contribution < -0.4 is 0 Å². The summed E-state index contributed by atoms with van der Waals surface area (Å²) in [7, 11) is 0. The number of piperidine rings is 1. The highest BCUT2D eigenvalue weighted by atomic mass is 16.6. The maximum Gasteiger partial charge on any atom is 0.410 e. The highest BCUT2D eigenvalue weighted by Gasteiger charge is 2.42. The third kappa shape index (κ3) is 4.79. The lowest BCUT2D eigenvalue weighted by Crippen LogP contribution is -2.58. The molecule has 1 saturated heterocycles. The maximum absolute atomic E-state index is 12.3. The third-order valence-corrected chi connectivity index (χ3v) is 3.77. The molecule has 0 aromatic heterocycles. The van der Waals surface area contributed by atoms with Crippen LogP contribution in [0.25, 0.3) is 10.4 Å². The van der Waals surface area contributed by atoms with Crippen molar-refractivity contribution < 1.29 is 14.6 Å². The standard InChI is InChI=1S/C14H26N4O3/c1-5-14(20,10-16-17-15)11-8-6-7-9-18(11)12(19)21-13(2,3)4/h11,20H,5-10H2,1-4H3/t11-,14-/m0/s1. The van der Waals surface area contributed by atoms with E-state index >= 15 is 0 Å². The fourth-order valence-electron chi connectivity index (χ4n) is 2.64. The smallest absolute Gasteiger partial charge is 0.410 e. The largest absolute Gasteiger partial charge is 0.444 e. The number of aliphatic hydroxyl groups is 1. The number of carbonyl (C=O) groups is 1. The van der Waals surface area contributed by atoms with Gasteiger partial charge in [0.2, 0.25) is 0 Å². The first-order valence-corrected chi connectivity index (χ1v) is 7.46. The predicted molar refractivity (Wildman–Crippen MR) is 79.8 cm³/mol. The average Bonchev–Trinajstić information content (AvgIpc) is 2.43. The number of hydrogen-bond donors (Lipinski definition) is 1. The van der Waals surface area contributed by atoms with Gasteiger partial charge in [-0.3, -0.25) is 0 Å². The molecule has 1 heterocycles. The highest BCUT2D eigenvalue weighted by Crippen LogP contribution is 2.30. The van der Waals surface area contributed by atoms with Crippen LogP contribution in [0.5, 0.6) is 0 Å². The van der Waals surface area contributed by atoms with Crippen molar-refractivity contribution in [2.75, 3.05) is 13.1 Å². The molecule has 1 aliphatic rings. The van der Waals surface area contributed by atoms with E-state index in [0.717, 1.165) is 12.8 Å². The summed E-state index contributed by atoms with van der Waals surface area (Å²) in [6, 6.07) is -0.378. The molecule has 0 radical (unpaired) electrons. The van der Waals surface area contributed by atoms with Crippen molar-refractivity contribution in [2.24, 2.45) is 5.11 Å². The van der Waals surface area contributed by atoms with Gasteiger partial charge < -0.3 is 14.7 Å². The highest BCUT2D eigenvalue weighted by molar-refractivity contribution is 5.69. The van der Waals surface area contributed by atoms with Gasteiger partial charge in [0, 0.05) is 11.5 Å². The van der Waals surface area contributed by atoms with Gasteiger partial charge in [0.1, 0.15) is 5.60 Å². The SMILES string of the molecule is CC[C@](O)(CN=[N+]=[N-])[C@@H]1CCCCN1C(=O)OC(C)(C)C. The van der Waals surface area contributed by atoms with Gasteiger partial charge in [0.15, 0.2) is 0 Å². The zero-order chi connectivity index (χ0) is 16.1. The summed E-state index contributed by atoms with van der Waals surface area (Å²) >= 11 is 0. The molecule has 1 fully saturated rings. The Hall–Kier alpha value is -1.46. The lowest BCUT2D eigenvalue weighted by molar-refractivity contribution is -0.0653. The van der Waals surface area contributed by atoms with Crippen LogP contribution in [0, 0.1) is 0 Å². The fraction of sp³-hybridized carbons (Fsp3) is 0.929. The van der Waals surface area contributed by atoms with Crippen LogP contribution in [0.1, 0.15) is 53.4 Å². The quantitative estimate of drug-likeness (QED) is 0.490. The molecule has 1 aliphatic heterocycles.